The van der Waals surface area contributed by atoms with Crippen molar-refractivity contribution in [1.82, 2.24) is 14.7 Å². The minimum Gasteiger partial charge on any atom is -0.481 e. The molecule has 13 heteroatoms. The number of furan rings is 1. The maximum absolute atomic E-state index is 15.5. The van der Waals surface area contributed by atoms with E-state index in [9.17, 15) is 19.5 Å². The predicted octanol–water partition coefficient (Wildman–Crippen LogP) is 4.91. The van der Waals surface area contributed by atoms with Crippen LogP contribution in [0.25, 0.3) is 11.0 Å². The summed E-state index contributed by atoms with van der Waals surface area (Å²) in [4.78, 5) is 45.0. The Morgan fingerprint density at radius 2 is 1.80 bits per heavy atom. The maximum atomic E-state index is 15.5. The van der Waals surface area contributed by atoms with Gasteiger partial charge in [-0.1, -0.05) is 29.8 Å². The number of carbonyl (C=O) groups is 3. The minimum absolute atomic E-state index is 0.0393. The highest BCUT2D eigenvalue weighted by molar-refractivity contribution is 6.34. The zero-order chi connectivity index (χ0) is 34.8. The smallest absolute Gasteiger partial charge is 0.306 e. The normalized spacial score (nSPS) is 25.1. The fourth-order valence-corrected chi connectivity index (χ4v) is 8.18. The number of carboxylic acids is 1. The second-order valence-corrected chi connectivity index (χ2v) is 14.6. The number of hydrogen-bond acceptors (Lipinski definition) is 8. The number of ether oxygens (including phenoxy) is 2. The second kappa shape index (κ2) is 15.4. The minimum atomic E-state index is -0.755. The Labute approximate surface area is 295 Å². The molecular weight excluding hydrogens is 667 g/mol. The molecule has 3 saturated heterocycles. The van der Waals surface area contributed by atoms with Gasteiger partial charge in [-0.2, -0.15) is 0 Å². The Bertz CT molecular complexity index is 1700. The third kappa shape index (κ3) is 7.84. The van der Waals surface area contributed by atoms with Crippen molar-refractivity contribution in [3.8, 4) is 0 Å². The molecule has 1 saturated carbocycles. The zero-order valence-electron chi connectivity index (χ0n) is 28.0. The lowest BCUT2D eigenvalue weighted by Gasteiger charge is -2.45. The number of likely N-dealkylation sites (tertiary alicyclic amines) is 2. The van der Waals surface area contributed by atoms with Crippen molar-refractivity contribution in [2.45, 2.75) is 56.7 Å². The molecule has 1 aliphatic carbocycles. The highest BCUT2D eigenvalue weighted by Crippen LogP contribution is 2.33. The molecule has 2 amide bonds. The van der Waals surface area contributed by atoms with E-state index >= 15 is 4.39 Å². The zero-order valence-corrected chi connectivity index (χ0v) is 28.8. The van der Waals surface area contributed by atoms with Gasteiger partial charge < -0.3 is 29.2 Å². The summed E-state index contributed by atoms with van der Waals surface area (Å²) in [6, 6.07) is 9.69. The van der Waals surface area contributed by atoms with Crippen LogP contribution in [0.2, 0.25) is 5.02 Å². The molecule has 3 aromatic rings. The first kappa shape index (κ1) is 34.9. The highest BCUT2D eigenvalue weighted by Gasteiger charge is 2.43. The molecule has 0 bridgehead atoms. The SMILES string of the molecule is O=C(Nc1cc(F)c(CC(=O)N2C[C@@H](N3CC(CN4CCOCC4)C3)C[C@H]2COC2CCC(C(=O)O)CC2)cc1Cl)c1coc2ccccc12. The largest absolute Gasteiger partial charge is 0.481 e. The number of para-hydroxylation sites is 1. The number of nitrogens with zero attached hydrogens (tertiary/aromatic N) is 3. The van der Waals surface area contributed by atoms with Crippen molar-refractivity contribution in [3.05, 3.63) is 64.6 Å². The van der Waals surface area contributed by atoms with E-state index in [0.29, 0.717) is 61.3 Å². The van der Waals surface area contributed by atoms with Gasteiger partial charge in [0.25, 0.3) is 5.91 Å². The molecule has 268 valence electrons. The molecule has 11 nitrogen and oxygen atoms in total. The van der Waals surface area contributed by atoms with Gasteiger partial charge in [-0.15, -0.1) is 0 Å². The second-order valence-electron chi connectivity index (χ2n) is 14.2. The summed E-state index contributed by atoms with van der Waals surface area (Å²) in [6.07, 6.45) is 4.43. The number of aliphatic carboxylic acids is 1. The number of benzene rings is 2. The molecule has 3 aliphatic heterocycles. The quantitative estimate of drug-likeness (QED) is 0.286. The van der Waals surface area contributed by atoms with Gasteiger partial charge in [0, 0.05) is 50.7 Å². The number of hydrogen-bond donors (Lipinski definition) is 2. The lowest BCUT2D eigenvalue weighted by atomic mass is 9.87. The number of anilines is 1. The first-order valence-electron chi connectivity index (χ1n) is 17.7. The van der Waals surface area contributed by atoms with E-state index in [2.05, 4.69) is 15.1 Å². The van der Waals surface area contributed by atoms with Crippen molar-refractivity contribution in [2.75, 3.05) is 64.4 Å². The Hall–Kier alpha value is -3.55. The number of carboxylic acid groups (broad SMARTS) is 1. The molecule has 4 heterocycles. The van der Waals surface area contributed by atoms with Gasteiger partial charge >= 0.3 is 5.97 Å². The Morgan fingerprint density at radius 1 is 1.04 bits per heavy atom. The van der Waals surface area contributed by atoms with Crippen LogP contribution in [0.5, 0.6) is 0 Å². The molecule has 1 aromatic heterocycles. The molecule has 0 radical (unpaired) electrons. The highest BCUT2D eigenvalue weighted by atomic mass is 35.5. The van der Waals surface area contributed by atoms with E-state index in [-0.39, 0.29) is 52.7 Å². The Balaban J connectivity index is 0.994. The van der Waals surface area contributed by atoms with Gasteiger partial charge in [0.2, 0.25) is 5.91 Å². The molecule has 2 atom stereocenters. The van der Waals surface area contributed by atoms with Crippen LogP contribution in [0.1, 0.15) is 48.0 Å². The van der Waals surface area contributed by atoms with Crippen molar-refractivity contribution < 1.29 is 37.8 Å². The molecule has 0 unspecified atom stereocenters. The summed E-state index contributed by atoms with van der Waals surface area (Å²) < 4.78 is 32.8. The van der Waals surface area contributed by atoms with Crippen LogP contribution in [0.15, 0.2) is 47.1 Å². The van der Waals surface area contributed by atoms with Crippen LogP contribution in [-0.2, 0) is 25.5 Å². The first-order chi connectivity index (χ1) is 24.2. The topological polar surface area (TPSA) is 125 Å². The fraction of sp³-hybridized carbons (Fsp3) is 0.541. The van der Waals surface area contributed by atoms with Crippen LogP contribution in [0, 0.1) is 17.7 Å². The number of carbonyl (C=O) groups excluding carboxylic acids is 2. The molecule has 4 fully saturated rings. The number of halogens is 2. The predicted molar refractivity (Wildman–Crippen MR) is 185 cm³/mol. The summed E-state index contributed by atoms with van der Waals surface area (Å²) in [6.45, 7) is 7.37. The number of rotatable bonds is 11. The number of fused-ring (bicyclic) bond motifs is 1. The van der Waals surface area contributed by atoms with E-state index in [4.69, 9.17) is 25.5 Å². The molecule has 2 N–H and O–H groups in total. The summed E-state index contributed by atoms with van der Waals surface area (Å²) in [7, 11) is 0. The lowest BCUT2D eigenvalue weighted by molar-refractivity contribution is -0.144. The summed E-state index contributed by atoms with van der Waals surface area (Å²) in [5, 5.41) is 12.8. The standard InChI is InChI=1S/C37H44ClFN4O7/c38-31-13-25(32(39)16-33(31)40-36(45)30-22-50-34-4-2-1-3-29(30)34)14-35(44)43-20-26(42-18-23(19-42)17-41-9-11-48-12-10-41)15-27(43)21-49-28-7-5-24(6-8-28)37(46)47/h1-4,13,16,22-24,26-28H,5-12,14-15,17-21H2,(H,40,45)(H,46,47)/t24?,26-,27-,28?/m0/s1. The van der Waals surface area contributed by atoms with E-state index in [1.807, 2.05) is 4.90 Å². The molecule has 7 rings (SSSR count). The molecule has 50 heavy (non-hydrogen) atoms. The summed E-state index contributed by atoms with van der Waals surface area (Å²) >= 11 is 6.53. The van der Waals surface area contributed by atoms with Crippen molar-refractivity contribution >= 4 is 46.0 Å². The average Bonchev–Trinajstić information content (AvgIpc) is 3.73. The molecule has 0 spiro atoms. The van der Waals surface area contributed by atoms with E-state index in [1.54, 1.807) is 24.3 Å². The van der Waals surface area contributed by atoms with Gasteiger partial charge in [-0.25, -0.2) is 4.39 Å². The van der Waals surface area contributed by atoms with Crippen molar-refractivity contribution in [3.63, 3.8) is 0 Å². The maximum Gasteiger partial charge on any atom is 0.306 e. The Morgan fingerprint density at radius 3 is 2.56 bits per heavy atom. The third-order valence-corrected chi connectivity index (χ3v) is 11.1. The Kier molecular flexibility index (Phi) is 10.7. The summed E-state index contributed by atoms with van der Waals surface area (Å²) in [5.74, 6) is -1.83. The first-order valence-corrected chi connectivity index (χ1v) is 18.0. The number of nitrogens with one attached hydrogen (secondary N) is 1. The van der Waals surface area contributed by atoms with Crippen LogP contribution in [0.3, 0.4) is 0 Å². The van der Waals surface area contributed by atoms with Crippen molar-refractivity contribution in [2.24, 2.45) is 11.8 Å². The lowest BCUT2D eigenvalue weighted by Crippen LogP contribution is -2.57. The molecule has 2 aromatic carbocycles. The average molecular weight is 711 g/mol. The molecular formula is C37H44ClFN4O7. The number of morpholine rings is 1. The van der Waals surface area contributed by atoms with Crippen LogP contribution >= 0.6 is 11.6 Å². The third-order valence-electron chi connectivity index (χ3n) is 10.8. The molecule has 4 aliphatic rings. The fourth-order valence-electron chi connectivity index (χ4n) is 7.94. The van der Waals surface area contributed by atoms with E-state index < -0.39 is 17.7 Å². The number of amides is 2. The monoisotopic (exact) mass is 710 g/mol. The van der Waals surface area contributed by atoms with Crippen LogP contribution in [-0.4, -0.2) is 115 Å². The van der Waals surface area contributed by atoms with Gasteiger partial charge in [-0.05, 0) is 61.8 Å². The van der Waals surface area contributed by atoms with Crippen LogP contribution in [0.4, 0.5) is 10.1 Å². The van der Waals surface area contributed by atoms with E-state index in [1.165, 1.54) is 12.3 Å². The van der Waals surface area contributed by atoms with Gasteiger partial charge in [0.1, 0.15) is 17.7 Å². The summed E-state index contributed by atoms with van der Waals surface area (Å²) in [5.41, 5.74) is 1.11. The van der Waals surface area contributed by atoms with Gasteiger partial charge in [-0.3, -0.25) is 24.2 Å². The van der Waals surface area contributed by atoms with Gasteiger partial charge in [0.15, 0.2) is 0 Å². The van der Waals surface area contributed by atoms with E-state index in [0.717, 1.165) is 58.4 Å². The van der Waals surface area contributed by atoms with Crippen LogP contribution < -0.4 is 5.32 Å². The van der Waals surface area contributed by atoms with Gasteiger partial charge in [0.05, 0.1) is 60.6 Å². The van der Waals surface area contributed by atoms with Crippen molar-refractivity contribution in [1.29, 1.82) is 0 Å².